The minimum atomic E-state index is -0.705. The highest BCUT2D eigenvalue weighted by Crippen LogP contribution is 2.40. The van der Waals surface area contributed by atoms with Gasteiger partial charge in [0.2, 0.25) is 0 Å². The Bertz CT molecular complexity index is 1260. The van der Waals surface area contributed by atoms with Crippen molar-refractivity contribution in [2.45, 2.75) is 12.5 Å². The van der Waals surface area contributed by atoms with Gasteiger partial charge in [0, 0.05) is 38.8 Å². The van der Waals surface area contributed by atoms with E-state index in [1.165, 1.54) is 18.2 Å². The molecule has 0 saturated heterocycles. The van der Waals surface area contributed by atoms with E-state index in [-0.39, 0.29) is 5.91 Å². The summed E-state index contributed by atoms with van der Waals surface area (Å²) in [6.45, 7) is 0.481. The van der Waals surface area contributed by atoms with E-state index < -0.39 is 17.8 Å². The van der Waals surface area contributed by atoms with Crippen LogP contribution in [-0.4, -0.2) is 18.4 Å². The molecule has 1 unspecified atom stereocenters. The highest BCUT2D eigenvalue weighted by atomic mass is 35.5. The molecule has 2 amide bonds. The third-order valence-electron chi connectivity index (χ3n) is 5.43. The van der Waals surface area contributed by atoms with Crippen LogP contribution in [0.3, 0.4) is 0 Å². The zero-order valence-electron chi connectivity index (χ0n) is 16.0. The molecule has 2 aliphatic rings. The molecule has 0 aromatic heterocycles. The van der Waals surface area contributed by atoms with Gasteiger partial charge in [0.15, 0.2) is 0 Å². The minimum Gasteiger partial charge on any atom is -0.492 e. The lowest BCUT2D eigenvalue weighted by molar-refractivity contribution is 0.0959. The summed E-state index contributed by atoms with van der Waals surface area (Å²) in [5, 5.41) is 6.43. The average molecular weight is 457 g/mol. The number of halogens is 3. The van der Waals surface area contributed by atoms with Crippen molar-refractivity contribution in [1.29, 1.82) is 0 Å². The first kappa shape index (κ1) is 19.8. The largest absolute Gasteiger partial charge is 0.492 e. The maximum Gasteiger partial charge on any atom is 0.259 e. The summed E-state index contributed by atoms with van der Waals surface area (Å²) in [4.78, 5) is 25.7. The van der Waals surface area contributed by atoms with Crippen LogP contribution in [0.1, 0.15) is 43.4 Å². The molecule has 0 spiro atoms. The van der Waals surface area contributed by atoms with Gasteiger partial charge in [-0.25, -0.2) is 4.39 Å². The van der Waals surface area contributed by atoms with Gasteiger partial charge in [-0.1, -0.05) is 29.3 Å². The number of benzene rings is 3. The van der Waals surface area contributed by atoms with Crippen molar-refractivity contribution in [3.63, 3.8) is 0 Å². The van der Waals surface area contributed by atoms with Crippen molar-refractivity contribution in [2.24, 2.45) is 0 Å². The van der Waals surface area contributed by atoms with E-state index in [1.807, 2.05) is 0 Å². The van der Waals surface area contributed by atoms with Crippen molar-refractivity contribution in [1.82, 2.24) is 5.32 Å². The molecule has 0 bridgehead atoms. The molecule has 1 atom stereocenters. The van der Waals surface area contributed by atoms with Gasteiger partial charge >= 0.3 is 0 Å². The topological polar surface area (TPSA) is 67.4 Å². The first-order valence-corrected chi connectivity index (χ1v) is 10.3. The van der Waals surface area contributed by atoms with Crippen LogP contribution in [0.4, 0.5) is 10.1 Å². The number of fused-ring (bicyclic) bond motifs is 2. The standard InChI is InChI=1S/C23H15Cl2FN2O3/c24-12-8-11-6-7-31-21(11)16(9-12)23(30)27-18-3-1-2-14-19(18)20(28-22(14)29)15-10-13(26)4-5-17(15)25/h1-5,8-10,20H,6-7H2,(H,27,30)(H,28,29). The lowest BCUT2D eigenvalue weighted by atomic mass is 9.96. The van der Waals surface area contributed by atoms with Gasteiger partial charge in [-0.2, -0.15) is 0 Å². The molecule has 5 rings (SSSR count). The van der Waals surface area contributed by atoms with E-state index in [0.717, 1.165) is 5.56 Å². The molecule has 0 fully saturated rings. The predicted octanol–water partition coefficient (Wildman–Crippen LogP) is 5.15. The Morgan fingerprint density at radius 2 is 2.00 bits per heavy atom. The third kappa shape index (κ3) is 3.42. The first-order chi connectivity index (χ1) is 14.9. The van der Waals surface area contributed by atoms with Gasteiger partial charge in [0.25, 0.3) is 11.8 Å². The summed E-state index contributed by atoms with van der Waals surface area (Å²) >= 11 is 12.5. The molecule has 2 N–H and O–H groups in total. The van der Waals surface area contributed by atoms with Gasteiger partial charge in [-0.3, -0.25) is 9.59 Å². The van der Waals surface area contributed by atoms with Crippen molar-refractivity contribution < 1.29 is 18.7 Å². The Balaban J connectivity index is 1.57. The molecule has 3 aromatic carbocycles. The van der Waals surface area contributed by atoms with E-state index in [4.69, 9.17) is 27.9 Å². The molecular weight excluding hydrogens is 442 g/mol. The number of hydrogen-bond donors (Lipinski definition) is 2. The van der Waals surface area contributed by atoms with Gasteiger partial charge in [0.1, 0.15) is 11.6 Å². The van der Waals surface area contributed by atoms with Gasteiger partial charge in [0.05, 0.1) is 18.2 Å². The van der Waals surface area contributed by atoms with Gasteiger partial charge < -0.3 is 15.4 Å². The highest BCUT2D eigenvalue weighted by molar-refractivity contribution is 6.32. The maximum atomic E-state index is 13.9. The predicted molar refractivity (Wildman–Crippen MR) is 116 cm³/mol. The highest BCUT2D eigenvalue weighted by Gasteiger charge is 2.34. The summed E-state index contributed by atoms with van der Waals surface area (Å²) in [5.41, 5.74) is 2.91. The SMILES string of the molecule is O=C(Nc1cccc2c1C(c1cc(F)ccc1Cl)NC2=O)c1cc(Cl)cc2c1OCC2. The smallest absolute Gasteiger partial charge is 0.259 e. The number of rotatable bonds is 3. The van der Waals surface area contributed by atoms with E-state index in [1.54, 1.807) is 30.3 Å². The Hall–Kier alpha value is -3.09. The molecule has 31 heavy (non-hydrogen) atoms. The minimum absolute atomic E-state index is 0.307. The summed E-state index contributed by atoms with van der Waals surface area (Å²) in [7, 11) is 0. The number of carbonyl (C=O) groups is 2. The third-order valence-corrected chi connectivity index (χ3v) is 5.99. The van der Waals surface area contributed by atoms with E-state index in [0.29, 0.717) is 56.8 Å². The molecule has 2 aliphatic heterocycles. The van der Waals surface area contributed by atoms with Crippen LogP contribution in [0.5, 0.6) is 5.75 Å². The Morgan fingerprint density at radius 3 is 2.84 bits per heavy atom. The Morgan fingerprint density at radius 1 is 1.16 bits per heavy atom. The van der Waals surface area contributed by atoms with Crippen LogP contribution in [0.2, 0.25) is 10.0 Å². The molecule has 156 valence electrons. The van der Waals surface area contributed by atoms with Crippen LogP contribution in [0.25, 0.3) is 0 Å². The summed E-state index contributed by atoms with van der Waals surface area (Å²) in [6.07, 6.45) is 0.676. The zero-order valence-corrected chi connectivity index (χ0v) is 17.5. The van der Waals surface area contributed by atoms with Crippen LogP contribution < -0.4 is 15.4 Å². The maximum absolute atomic E-state index is 13.9. The molecule has 0 radical (unpaired) electrons. The van der Waals surface area contributed by atoms with Crippen LogP contribution in [-0.2, 0) is 6.42 Å². The molecular formula is C23H15Cl2FN2O3. The van der Waals surface area contributed by atoms with Crippen LogP contribution in [0, 0.1) is 5.82 Å². The van der Waals surface area contributed by atoms with Crippen molar-refractivity contribution in [3.8, 4) is 5.75 Å². The number of amides is 2. The number of carbonyl (C=O) groups excluding carboxylic acids is 2. The van der Waals surface area contributed by atoms with Gasteiger partial charge in [-0.15, -0.1) is 0 Å². The molecule has 5 nitrogen and oxygen atoms in total. The first-order valence-electron chi connectivity index (χ1n) is 9.57. The fourth-order valence-corrected chi connectivity index (χ4v) is 4.53. The fourth-order valence-electron chi connectivity index (χ4n) is 4.06. The lowest BCUT2D eigenvalue weighted by Gasteiger charge is -2.18. The number of ether oxygens (including phenoxy) is 1. The molecule has 2 heterocycles. The summed E-state index contributed by atoms with van der Waals surface area (Å²) in [6, 6.07) is 11.6. The molecule has 0 saturated carbocycles. The normalized spacial score (nSPS) is 16.4. The second-order valence-corrected chi connectivity index (χ2v) is 8.18. The lowest BCUT2D eigenvalue weighted by Crippen LogP contribution is -2.21. The van der Waals surface area contributed by atoms with Gasteiger partial charge in [-0.05, 0) is 48.0 Å². The van der Waals surface area contributed by atoms with Crippen molar-refractivity contribution in [3.05, 3.63) is 92.2 Å². The monoisotopic (exact) mass is 456 g/mol. The molecule has 8 heteroatoms. The summed E-state index contributed by atoms with van der Waals surface area (Å²) < 4.78 is 19.5. The zero-order chi connectivity index (χ0) is 21.7. The quantitative estimate of drug-likeness (QED) is 0.572. The van der Waals surface area contributed by atoms with E-state index in [2.05, 4.69) is 10.6 Å². The average Bonchev–Trinajstić information content (AvgIpc) is 3.34. The molecule has 3 aromatic rings. The number of anilines is 1. The van der Waals surface area contributed by atoms with Crippen molar-refractivity contribution in [2.75, 3.05) is 11.9 Å². The van der Waals surface area contributed by atoms with Crippen LogP contribution >= 0.6 is 23.2 Å². The number of hydrogen-bond acceptors (Lipinski definition) is 3. The van der Waals surface area contributed by atoms with Crippen LogP contribution in [0.15, 0.2) is 48.5 Å². The second-order valence-electron chi connectivity index (χ2n) is 7.33. The Kier molecular flexibility index (Phi) is 4.84. The summed E-state index contributed by atoms with van der Waals surface area (Å²) in [5.74, 6) is -0.718. The van der Waals surface area contributed by atoms with E-state index in [9.17, 15) is 14.0 Å². The second kappa shape index (κ2) is 7.55. The molecule has 0 aliphatic carbocycles. The van der Waals surface area contributed by atoms with Crippen molar-refractivity contribution >= 4 is 40.7 Å². The fraction of sp³-hybridized carbons (Fsp3) is 0.130. The Labute approximate surface area is 187 Å². The van der Waals surface area contributed by atoms with E-state index >= 15 is 0 Å². The number of nitrogens with one attached hydrogen (secondary N) is 2.